The number of hydrogen-bond donors (Lipinski definition) is 3. The molecule has 1 unspecified atom stereocenters. The Bertz CT molecular complexity index is 1690. The summed E-state index contributed by atoms with van der Waals surface area (Å²) in [5.74, 6) is 0.438. The number of rotatable bonds is 2. The third-order valence-electron chi connectivity index (χ3n) is 7.04. The summed E-state index contributed by atoms with van der Waals surface area (Å²) in [6.45, 7) is -4.34. The van der Waals surface area contributed by atoms with Crippen LogP contribution >= 0.6 is 27.3 Å². The average molecular weight is 626 g/mol. The monoisotopic (exact) mass is 626 g/mol. The van der Waals surface area contributed by atoms with Crippen LogP contribution in [-0.4, -0.2) is 76.7 Å². The Morgan fingerprint density at radius 1 is 0.829 bits per heavy atom. The number of ether oxygens (including phenoxy) is 2. The van der Waals surface area contributed by atoms with Gasteiger partial charge in [-0.05, 0) is 0 Å². The van der Waals surface area contributed by atoms with Crippen molar-refractivity contribution in [3.8, 4) is 0 Å². The third-order valence-corrected chi connectivity index (χ3v) is 9.58. The van der Waals surface area contributed by atoms with E-state index in [9.17, 15) is 9.13 Å². The van der Waals surface area contributed by atoms with Crippen molar-refractivity contribution in [1.29, 1.82) is 0 Å². The number of fused-ring (bicyclic) bond motifs is 4. The second-order valence-electron chi connectivity index (χ2n) is 9.52. The summed E-state index contributed by atoms with van der Waals surface area (Å²) < 4.78 is 64.6. The molecule has 21 heteroatoms. The summed E-state index contributed by atoms with van der Waals surface area (Å²) in [6.07, 6.45) is 1.72. The SMILES string of the molecule is Nc1ncnc2c1ncn2[C@H]1C[C@@H]2O[PH](=O)OC[C@H]3O[C@@H](n4cnc5c(N)ncnc54)C[C@@H]3O[P@](=O)(S)OC[C@H]2O1. The zero-order chi connectivity index (χ0) is 28.3. The van der Waals surface area contributed by atoms with Crippen molar-refractivity contribution in [1.82, 2.24) is 39.0 Å². The van der Waals surface area contributed by atoms with Gasteiger partial charge in [-0.15, -0.1) is 0 Å². The molecule has 0 radical (unpaired) electrons. The van der Waals surface area contributed by atoms with Crippen molar-refractivity contribution in [3.63, 3.8) is 0 Å². The number of hydrogen-bond acceptors (Lipinski definition) is 16. The molecule has 0 amide bonds. The third kappa shape index (κ3) is 5.11. The first kappa shape index (κ1) is 27.1. The van der Waals surface area contributed by atoms with E-state index in [-0.39, 0.29) is 37.7 Å². The molecule has 0 spiro atoms. The number of imidazole rings is 2. The minimum atomic E-state index is -3.93. The average Bonchev–Trinajstić information content (AvgIpc) is 3.71. The van der Waals surface area contributed by atoms with Crippen LogP contribution in [0.2, 0.25) is 0 Å². The van der Waals surface area contributed by atoms with Gasteiger partial charge in [-0.25, -0.2) is 34.5 Å². The molecule has 218 valence electrons. The fourth-order valence-electron chi connectivity index (χ4n) is 5.12. The number of nitrogen functional groups attached to an aromatic ring is 2. The normalized spacial score (nSPS) is 34.7. The topological polar surface area (TPSA) is 229 Å². The lowest BCUT2D eigenvalue weighted by Crippen LogP contribution is -2.31. The van der Waals surface area contributed by atoms with Gasteiger partial charge in [0.2, 0.25) is 0 Å². The largest absolute Gasteiger partial charge is 0.386 e. The highest BCUT2D eigenvalue weighted by Gasteiger charge is 2.45. The van der Waals surface area contributed by atoms with Gasteiger partial charge in [-0.1, -0.05) is 12.2 Å². The van der Waals surface area contributed by atoms with Crippen LogP contribution in [0.5, 0.6) is 0 Å². The molecule has 3 aliphatic heterocycles. The molecule has 3 fully saturated rings. The molecule has 0 aliphatic carbocycles. The minimum Gasteiger partial charge on any atom is -0.382 e. The molecule has 0 saturated carbocycles. The van der Waals surface area contributed by atoms with Crippen LogP contribution in [0.25, 0.3) is 22.3 Å². The Morgan fingerprint density at radius 2 is 1.39 bits per heavy atom. The molecule has 7 heterocycles. The van der Waals surface area contributed by atoms with Crippen LogP contribution in [0.15, 0.2) is 25.3 Å². The molecule has 3 aliphatic rings. The quantitative estimate of drug-likeness (QED) is 0.212. The maximum Gasteiger partial charge on any atom is 0.386 e. The van der Waals surface area contributed by atoms with E-state index in [4.69, 9.17) is 39.0 Å². The summed E-state index contributed by atoms with van der Waals surface area (Å²) in [5, 5.41) is 0. The fraction of sp³-hybridized carbons (Fsp3) is 0.500. The highest BCUT2D eigenvalue weighted by Crippen LogP contribution is 2.57. The second-order valence-corrected chi connectivity index (χ2v) is 13.4. The fourth-order valence-corrected chi connectivity index (χ4v) is 7.50. The standard InChI is InChI=1S/C20H24N10O8P2S/c21-17-15-19(25-5-23-17)29(7-27-15)13-1-9-12(36-13)4-34-40(32,41)38-10-2-14(35-11(10)3-33-39(31)37-9)30-8-28-16-18(22)24-6-26-20(16)30/h5-14,39H,1-4H2,(H,32,41)(H2,21,23,25)(H2,22,24,26)/t9-,10-,11+,12+,13+,14+,40+/m0/s1. The number of anilines is 2. The minimum absolute atomic E-state index is 0.180. The van der Waals surface area contributed by atoms with E-state index in [0.717, 1.165) is 0 Å². The number of nitrogens with zero attached hydrogens (tertiary/aromatic N) is 8. The number of nitrogens with two attached hydrogens (primary N) is 2. The number of thiol groups is 1. The first-order valence-electron chi connectivity index (χ1n) is 12.4. The van der Waals surface area contributed by atoms with Crippen LogP contribution in [0.3, 0.4) is 0 Å². The predicted molar refractivity (Wildman–Crippen MR) is 144 cm³/mol. The van der Waals surface area contributed by atoms with Crippen molar-refractivity contribution in [2.24, 2.45) is 0 Å². The Balaban J connectivity index is 1.10. The summed E-state index contributed by atoms with van der Waals surface area (Å²) in [5.41, 5.74) is 13.5. The van der Waals surface area contributed by atoms with Crippen LogP contribution in [-0.2, 0) is 36.7 Å². The predicted octanol–water partition coefficient (Wildman–Crippen LogP) is 1.65. The van der Waals surface area contributed by atoms with E-state index in [2.05, 4.69) is 42.2 Å². The van der Waals surface area contributed by atoms with Gasteiger partial charge in [0.05, 0.1) is 32.0 Å². The van der Waals surface area contributed by atoms with E-state index in [1.807, 2.05) is 0 Å². The smallest absolute Gasteiger partial charge is 0.382 e. The van der Waals surface area contributed by atoms with Crippen molar-refractivity contribution < 1.29 is 36.7 Å². The molecule has 3 saturated heterocycles. The molecule has 18 nitrogen and oxygen atoms in total. The van der Waals surface area contributed by atoms with Gasteiger partial charge in [0.15, 0.2) is 22.9 Å². The van der Waals surface area contributed by atoms with Crippen LogP contribution < -0.4 is 11.5 Å². The first-order chi connectivity index (χ1) is 19.8. The molecule has 0 aromatic carbocycles. The summed E-state index contributed by atoms with van der Waals surface area (Å²) >= 11 is 4.19. The van der Waals surface area contributed by atoms with Crippen LogP contribution in [0.4, 0.5) is 11.6 Å². The van der Waals surface area contributed by atoms with Crippen molar-refractivity contribution in [2.45, 2.75) is 49.7 Å². The van der Waals surface area contributed by atoms with Gasteiger partial charge < -0.3 is 30.0 Å². The van der Waals surface area contributed by atoms with Gasteiger partial charge in [-0.3, -0.25) is 22.7 Å². The zero-order valence-electron chi connectivity index (χ0n) is 21.0. The maximum atomic E-state index is 13.3. The molecule has 0 bridgehead atoms. The van der Waals surface area contributed by atoms with Crippen LogP contribution in [0.1, 0.15) is 25.3 Å². The Labute approximate surface area is 236 Å². The lowest BCUT2D eigenvalue weighted by atomic mass is 10.2. The first-order valence-corrected chi connectivity index (χ1v) is 16.3. The van der Waals surface area contributed by atoms with Crippen molar-refractivity contribution >= 4 is 61.3 Å². The van der Waals surface area contributed by atoms with E-state index < -0.39 is 51.9 Å². The molecule has 41 heavy (non-hydrogen) atoms. The van der Waals surface area contributed by atoms with Gasteiger partial charge in [0, 0.05) is 12.8 Å². The Morgan fingerprint density at radius 3 is 2.00 bits per heavy atom. The van der Waals surface area contributed by atoms with Gasteiger partial charge >= 0.3 is 15.1 Å². The molecule has 4 aromatic heterocycles. The maximum absolute atomic E-state index is 13.3. The molecular weight excluding hydrogens is 602 g/mol. The van der Waals surface area contributed by atoms with Gasteiger partial charge in [-0.2, -0.15) is 0 Å². The van der Waals surface area contributed by atoms with Gasteiger partial charge in [0.1, 0.15) is 54.5 Å². The second kappa shape index (κ2) is 10.5. The van der Waals surface area contributed by atoms with E-state index >= 15 is 0 Å². The Kier molecular flexibility index (Phi) is 6.96. The molecule has 7 rings (SSSR count). The molecule has 4 aromatic rings. The highest BCUT2D eigenvalue weighted by atomic mass is 32.7. The number of aromatic nitrogens is 8. The molecular formula is C20H24N10O8P2S. The Hall–Kier alpha value is -2.73. The van der Waals surface area contributed by atoms with E-state index in [0.29, 0.717) is 22.3 Å². The summed E-state index contributed by atoms with van der Waals surface area (Å²) in [7, 11) is -3.02. The summed E-state index contributed by atoms with van der Waals surface area (Å²) in [6, 6.07) is 0. The van der Waals surface area contributed by atoms with Crippen molar-refractivity contribution in [2.75, 3.05) is 24.7 Å². The lowest BCUT2D eigenvalue weighted by molar-refractivity contribution is -0.0529. The van der Waals surface area contributed by atoms with E-state index in [1.54, 1.807) is 9.13 Å². The lowest BCUT2D eigenvalue weighted by Gasteiger charge is -2.25. The van der Waals surface area contributed by atoms with Crippen LogP contribution in [0, 0.1) is 0 Å². The molecule has 4 N–H and O–H groups in total. The highest BCUT2D eigenvalue weighted by molar-refractivity contribution is 8.44. The zero-order valence-corrected chi connectivity index (χ0v) is 23.8. The van der Waals surface area contributed by atoms with Gasteiger partial charge in [0.25, 0.3) is 0 Å². The summed E-state index contributed by atoms with van der Waals surface area (Å²) in [4.78, 5) is 24.9. The van der Waals surface area contributed by atoms with E-state index in [1.165, 1.54) is 25.3 Å². The molecule has 8 atom stereocenters. The van der Waals surface area contributed by atoms with Crippen molar-refractivity contribution in [3.05, 3.63) is 25.3 Å².